The van der Waals surface area contributed by atoms with Crippen molar-refractivity contribution in [3.05, 3.63) is 29.3 Å². The molecule has 0 spiro atoms. The predicted octanol–water partition coefficient (Wildman–Crippen LogP) is 2.74. The zero-order valence-corrected chi connectivity index (χ0v) is 9.16. The Bertz CT molecular complexity index is 269. The number of hydrogen-bond acceptors (Lipinski definition) is 2. The van der Waals surface area contributed by atoms with E-state index in [1.807, 2.05) is 13.8 Å². The molecule has 0 bridgehead atoms. The van der Waals surface area contributed by atoms with E-state index in [0.717, 1.165) is 5.75 Å². The van der Waals surface area contributed by atoms with Crippen molar-refractivity contribution in [3.8, 4) is 5.75 Å². The second-order valence-electron chi connectivity index (χ2n) is 3.58. The van der Waals surface area contributed by atoms with Crippen LogP contribution in [0.5, 0.6) is 5.75 Å². The molecule has 0 saturated carbocycles. The van der Waals surface area contributed by atoms with Gasteiger partial charge in [0.1, 0.15) is 12.4 Å². The molecule has 78 valence electrons. The van der Waals surface area contributed by atoms with Crippen LogP contribution in [0, 0.1) is 5.92 Å². The summed E-state index contributed by atoms with van der Waals surface area (Å²) in [5.41, 5.74) is 0. The first-order valence-electron chi connectivity index (χ1n) is 4.66. The summed E-state index contributed by atoms with van der Waals surface area (Å²) in [4.78, 5) is 0. The molecule has 1 aromatic rings. The van der Waals surface area contributed by atoms with Crippen LogP contribution in [0.4, 0.5) is 0 Å². The minimum atomic E-state index is -0.425. The molecule has 0 aliphatic rings. The molecular formula is C11H15ClO2. The van der Waals surface area contributed by atoms with Gasteiger partial charge in [0.15, 0.2) is 0 Å². The van der Waals surface area contributed by atoms with Crippen LogP contribution in [0.25, 0.3) is 0 Å². The summed E-state index contributed by atoms with van der Waals surface area (Å²) in [6, 6.07) is 7.10. The van der Waals surface area contributed by atoms with E-state index in [-0.39, 0.29) is 5.92 Å². The molecule has 1 atom stereocenters. The van der Waals surface area contributed by atoms with E-state index in [1.165, 1.54) is 0 Å². The topological polar surface area (TPSA) is 29.5 Å². The first-order chi connectivity index (χ1) is 6.59. The van der Waals surface area contributed by atoms with Crippen LogP contribution in [-0.4, -0.2) is 17.8 Å². The maximum Gasteiger partial charge on any atom is 0.119 e. The number of halogens is 1. The smallest absolute Gasteiger partial charge is 0.119 e. The number of rotatable bonds is 4. The molecule has 0 aliphatic heterocycles. The molecule has 0 radical (unpaired) electrons. The third kappa shape index (κ3) is 3.56. The summed E-state index contributed by atoms with van der Waals surface area (Å²) in [6.45, 7) is 4.23. The van der Waals surface area contributed by atoms with E-state index in [2.05, 4.69) is 0 Å². The largest absolute Gasteiger partial charge is 0.491 e. The van der Waals surface area contributed by atoms with Crippen LogP contribution in [0.2, 0.25) is 5.02 Å². The zero-order chi connectivity index (χ0) is 10.6. The van der Waals surface area contributed by atoms with Crippen molar-refractivity contribution in [3.63, 3.8) is 0 Å². The van der Waals surface area contributed by atoms with Gasteiger partial charge >= 0.3 is 0 Å². The van der Waals surface area contributed by atoms with Crippen molar-refractivity contribution in [2.24, 2.45) is 5.92 Å². The summed E-state index contributed by atoms with van der Waals surface area (Å²) in [6.07, 6.45) is -0.425. The Morgan fingerprint density at radius 3 is 2.36 bits per heavy atom. The fraction of sp³-hybridized carbons (Fsp3) is 0.455. The molecule has 1 aromatic carbocycles. The number of aliphatic hydroxyl groups excluding tert-OH is 1. The maximum atomic E-state index is 9.49. The van der Waals surface area contributed by atoms with Gasteiger partial charge in [-0.05, 0) is 30.2 Å². The molecule has 1 unspecified atom stereocenters. The van der Waals surface area contributed by atoms with E-state index < -0.39 is 6.10 Å². The first kappa shape index (κ1) is 11.3. The summed E-state index contributed by atoms with van der Waals surface area (Å²) < 4.78 is 5.38. The van der Waals surface area contributed by atoms with Gasteiger partial charge in [-0.15, -0.1) is 0 Å². The Morgan fingerprint density at radius 1 is 1.29 bits per heavy atom. The third-order valence-corrected chi connectivity index (χ3v) is 2.26. The highest BCUT2D eigenvalue weighted by Gasteiger charge is 2.09. The molecular weight excluding hydrogens is 200 g/mol. The van der Waals surface area contributed by atoms with Crippen molar-refractivity contribution >= 4 is 11.6 Å². The Hall–Kier alpha value is -0.730. The Balaban J connectivity index is 2.42. The summed E-state index contributed by atoms with van der Waals surface area (Å²) in [7, 11) is 0. The van der Waals surface area contributed by atoms with Gasteiger partial charge in [0, 0.05) is 5.02 Å². The summed E-state index contributed by atoms with van der Waals surface area (Å²) in [5, 5.41) is 10.2. The average Bonchev–Trinajstić information content (AvgIpc) is 2.16. The Labute approximate surface area is 89.5 Å². The molecule has 0 aliphatic carbocycles. The molecule has 1 rings (SSSR count). The highest BCUT2D eigenvalue weighted by molar-refractivity contribution is 6.30. The second kappa shape index (κ2) is 5.23. The van der Waals surface area contributed by atoms with Crippen LogP contribution in [-0.2, 0) is 0 Å². The highest BCUT2D eigenvalue weighted by atomic mass is 35.5. The van der Waals surface area contributed by atoms with Gasteiger partial charge in [0.25, 0.3) is 0 Å². The molecule has 2 nitrogen and oxygen atoms in total. The number of ether oxygens (including phenoxy) is 1. The van der Waals surface area contributed by atoms with Crippen LogP contribution in [0.1, 0.15) is 13.8 Å². The molecule has 14 heavy (non-hydrogen) atoms. The lowest BCUT2D eigenvalue weighted by Gasteiger charge is -2.15. The molecule has 0 saturated heterocycles. The van der Waals surface area contributed by atoms with E-state index in [1.54, 1.807) is 24.3 Å². The van der Waals surface area contributed by atoms with E-state index >= 15 is 0 Å². The van der Waals surface area contributed by atoms with Crippen molar-refractivity contribution in [1.82, 2.24) is 0 Å². The SMILES string of the molecule is CC(C)C(O)COc1ccc(Cl)cc1. The number of hydrogen-bond donors (Lipinski definition) is 1. The van der Waals surface area contributed by atoms with Gasteiger partial charge < -0.3 is 9.84 Å². The normalized spacial score (nSPS) is 12.9. The molecule has 0 fully saturated rings. The molecule has 1 N–H and O–H groups in total. The fourth-order valence-electron chi connectivity index (χ4n) is 0.905. The van der Waals surface area contributed by atoms with E-state index in [4.69, 9.17) is 16.3 Å². The zero-order valence-electron chi connectivity index (χ0n) is 8.40. The Kier molecular flexibility index (Phi) is 4.23. The van der Waals surface area contributed by atoms with Gasteiger partial charge in [-0.25, -0.2) is 0 Å². The van der Waals surface area contributed by atoms with Gasteiger partial charge in [0.05, 0.1) is 6.10 Å². The van der Waals surface area contributed by atoms with Crippen LogP contribution >= 0.6 is 11.6 Å². The second-order valence-corrected chi connectivity index (χ2v) is 4.01. The van der Waals surface area contributed by atoms with Crippen LogP contribution < -0.4 is 4.74 Å². The van der Waals surface area contributed by atoms with Crippen molar-refractivity contribution in [2.75, 3.05) is 6.61 Å². The number of aliphatic hydroxyl groups is 1. The lowest BCUT2D eigenvalue weighted by Crippen LogP contribution is -2.23. The third-order valence-electron chi connectivity index (χ3n) is 2.00. The first-order valence-corrected chi connectivity index (χ1v) is 5.04. The van der Waals surface area contributed by atoms with Crippen molar-refractivity contribution in [1.29, 1.82) is 0 Å². The lowest BCUT2D eigenvalue weighted by atomic mass is 10.1. The quantitative estimate of drug-likeness (QED) is 0.835. The molecule has 3 heteroatoms. The van der Waals surface area contributed by atoms with E-state index in [0.29, 0.717) is 11.6 Å². The van der Waals surface area contributed by atoms with E-state index in [9.17, 15) is 5.11 Å². The van der Waals surface area contributed by atoms with Crippen LogP contribution in [0.15, 0.2) is 24.3 Å². The highest BCUT2D eigenvalue weighted by Crippen LogP contribution is 2.16. The minimum absolute atomic E-state index is 0.210. The standard InChI is InChI=1S/C11H15ClO2/c1-8(2)11(13)7-14-10-5-3-9(12)4-6-10/h3-6,8,11,13H,7H2,1-2H3. The molecule has 0 aromatic heterocycles. The monoisotopic (exact) mass is 214 g/mol. The van der Waals surface area contributed by atoms with Gasteiger partial charge in [-0.2, -0.15) is 0 Å². The van der Waals surface area contributed by atoms with Gasteiger partial charge in [-0.3, -0.25) is 0 Å². The lowest BCUT2D eigenvalue weighted by molar-refractivity contribution is 0.0701. The summed E-state index contributed by atoms with van der Waals surface area (Å²) >= 11 is 5.72. The molecule has 0 amide bonds. The Morgan fingerprint density at radius 2 is 1.86 bits per heavy atom. The summed E-state index contributed by atoms with van der Waals surface area (Å²) in [5.74, 6) is 0.941. The van der Waals surface area contributed by atoms with Crippen LogP contribution in [0.3, 0.4) is 0 Å². The molecule has 0 heterocycles. The predicted molar refractivity (Wildman–Crippen MR) is 57.8 cm³/mol. The minimum Gasteiger partial charge on any atom is -0.491 e. The van der Waals surface area contributed by atoms with Crippen molar-refractivity contribution in [2.45, 2.75) is 20.0 Å². The average molecular weight is 215 g/mol. The van der Waals surface area contributed by atoms with Crippen molar-refractivity contribution < 1.29 is 9.84 Å². The van der Waals surface area contributed by atoms with Gasteiger partial charge in [-0.1, -0.05) is 25.4 Å². The maximum absolute atomic E-state index is 9.49. The number of benzene rings is 1. The fourth-order valence-corrected chi connectivity index (χ4v) is 1.03. The van der Waals surface area contributed by atoms with Gasteiger partial charge in [0.2, 0.25) is 0 Å².